The van der Waals surface area contributed by atoms with E-state index in [1.807, 2.05) is 19.1 Å². The van der Waals surface area contributed by atoms with Crippen LogP contribution < -0.4 is 14.8 Å². The average Bonchev–Trinajstić information content (AvgIpc) is 2.47. The van der Waals surface area contributed by atoms with E-state index in [1.54, 1.807) is 0 Å². The van der Waals surface area contributed by atoms with E-state index in [9.17, 15) is 5.11 Å². The van der Waals surface area contributed by atoms with Crippen LogP contribution in [-0.4, -0.2) is 31.0 Å². The van der Waals surface area contributed by atoms with Gasteiger partial charge in [0.1, 0.15) is 11.5 Å². The summed E-state index contributed by atoms with van der Waals surface area (Å²) < 4.78 is 11.3. The molecule has 0 aliphatic carbocycles. The van der Waals surface area contributed by atoms with Gasteiger partial charge in [0.15, 0.2) is 0 Å². The van der Waals surface area contributed by atoms with Crippen LogP contribution in [-0.2, 0) is 0 Å². The Morgan fingerprint density at radius 2 is 2.25 bits per heavy atom. The maximum Gasteiger partial charge on any atom is 0.124 e. The molecule has 20 heavy (non-hydrogen) atoms. The maximum atomic E-state index is 9.26. The van der Waals surface area contributed by atoms with Crippen molar-refractivity contribution in [2.75, 3.05) is 19.8 Å². The van der Waals surface area contributed by atoms with Crippen molar-refractivity contribution in [2.24, 2.45) is 5.92 Å². The van der Waals surface area contributed by atoms with Gasteiger partial charge in [-0.1, -0.05) is 6.92 Å². The Balaban J connectivity index is 2.15. The first kappa shape index (κ1) is 15.1. The molecule has 0 amide bonds. The number of aliphatic hydroxyl groups excluding tert-OH is 1. The molecule has 1 aliphatic rings. The zero-order valence-electron chi connectivity index (χ0n) is 12.6. The summed E-state index contributed by atoms with van der Waals surface area (Å²) in [5.41, 5.74) is 1.15. The molecule has 4 nitrogen and oxygen atoms in total. The van der Waals surface area contributed by atoms with Crippen molar-refractivity contribution in [3.8, 4) is 11.5 Å². The third-order valence-electron chi connectivity index (χ3n) is 3.94. The van der Waals surface area contributed by atoms with Gasteiger partial charge in [0.2, 0.25) is 0 Å². The molecule has 0 spiro atoms. The molecule has 1 aromatic rings. The first-order valence-electron chi connectivity index (χ1n) is 7.42. The molecule has 0 bridgehead atoms. The van der Waals surface area contributed by atoms with Gasteiger partial charge in [-0.05, 0) is 38.0 Å². The molecule has 0 saturated carbocycles. The van der Waals surface area contributed by atoms with E-state index in [0.29, 0.717) is 6.61 Å². The number of aliphatic hydroxyl groups is 1. The predicted octanol–water partition coefficient (Wildman–Crippen LogP) is 2.52. The van der Waals surface area contributed by atoms with Crippen LogP contribution in [0.1, 0.15) is 38.8 Å². The summed E-state index contributed by atoms with van der Waals surface area (Å²) >= 11 is 0. The lowest BCUT2D eigenvalue weighted by atomic mass is 9.97. The summed E-state index contributed by atoms with van der Waals surface area (Å²) in [7, 11) is 0. The minimum absolute atomic E-state index is 0.198. The van der Waals surface area contributed by atoms with E-state index in [-0.39, 0.29) is 24.6 Å². The highest BCUT2D eigenvalue weighted by Crippen LogP contribution is 2.35. The minimum atomic E-state index is 0.198. The topological polar surface area (TPSA) is 50.7 Å². The van der Waals surface area contributed by atoms with Crippen LogP contribution in [0.25, 0.3) is 0 Å². The van der Waals surface area contributed by atoms with Crippen molar-refractivity contribution in [1.29, 1.82) is 0 Å². The number of hydrogen-bond donors (Lipinski definition) is 2. The van der Waals surface area contributed by atoms with E-state index in [4.69, 9.17) is 9.47 Å². The average molecular weight is 279 g/mol. The molecule has 1 heterocycles. The Morgan fingerprint density at radius 1 is 1.45 bits per heavy atom. The summed E-state index contributed by atoms with van der Waals surface area (Å²) in [6.07, 6.45) is 0.936. The second-order valence-corrected chi connectivity index (χ2v) is 5.44. The van der Waals surface area contributed by atoms with Crippen molar-refractivity contribution in [3.05, 3.63) is 23.8 Å². The van der Waals surface area contributed by atoms with E-state index >= 15 is 0 Å². The van der Waals surface area contributed by atoms with Gasteiger partial charge in [0, 0.05) is 30.7 Å². The fraction of sp³-hybridized carbons (Fsp3) is 0.625. The van der Waals surface area contributed by atoms with Crippen molar-refractivity contribution in [2.45, 2.75) is 39.3 Å². The van der Waals surface area contributed by atoms with Crippen LogP contribution in [0.2, 0.25) is 0 Å². The fourth-order valence-corrected chi connectivity index (χ4v) is 2.44. The van der Waals surface area contributed by atoms with Crippen LogP contribution >= 0.6 is 0 Å². The highest BCUT2D eigenvalue weighted by molar-refractivity contribution is 5.43. The summed E-state index contributed by atoms with van der Waals surface area (Å²) in [6.45, 7) is 7.73. The zero-order valence-corrected chi connectivity index (χ0v) is 12.6. The van der Waals surface area contributed by atoms with Gasteiger partial charge in [-0.2, -0.15) is 0 Å². The minimum Gasteiger partial charge on any atom is -0.494 e. The third kappa shape index (κ3) is 3.44. The van der Waals surface area contributed by atoms with E-state index in [1.165, 1.54) is 0 Å². The highest BCUT2D eigenvalue weighted by Gasteiger charge is 2.24. The van der Waals surface area contributed by atoms with Gasteiger partial charge >= 0.3 is 0 Å². The standard InChI is InChI=1S/C16H25NO3/c1-4-19-13-5-6-16-14(9-13)15(7-8-20-16)17-12(3)11(2)10-18/h5-6,9,11-12,15,17-18H,4,7-8,10H2,1-3H3. The molecule has 0 aromatic heterocycles. The van der Waals surface area contributed by atoms with Gasteiger partial charge in [-0.15, -0.1) is 0 Å². The van der Waals surface area contributed by atoms with Crippen LogP contribution in [0.4, 0.5) is 0 Å². The fourth-order valence-electron chi connectivity index (χ4n) is 2.44. The Labute approximate surface area is 121 Å². The molecule has 0 fully saturated rings. The Bertz CT molecular complexity index is 436. The Hall–Kier alpha value is -1.26. The van der Waals surface area contributed by atoms with Crippen molar-refractivity contribution in [1.82, 2.24) is 5.32 Å². The number of hydrogen-bond acceptors (Lipinski definition) is 4. The summed E-state index contributed by atoms with van der Waals surface area (Å²) in [6, 6.07) is 6.50. The monoisotopic (exact) mass is 279 g/mol. The van der Waals surface area contributed by atoms with Gasteiger partial charge in [0.05, 0.1) is 13.2 Å². The number of fused-ring (bicyclic) bond motifs is 1. The first-order chi connectivity index (χ1) is 9.65. The number of rotatable bonds is 6. The molecule has 1 aromatic carbocycles. The second-order valence-electron chi connectivity index (χ2n) is 5.44. The summed E-state index contributed by atoms with van der Waals surface area (Å²) in [5, 5.41) is 12.9. The zero-order chi connectivity index (χ0) is 14.5. The van der Waals surface area contributed by atoms with Crippen LogP contribution in [0.15, 0.2) is 18.2 Å². The maximum absolute atomic E-state index is 9.26. The van der Waals surface area contributed by atoms with Crippen molar-refractivity contribution >= 4 is 0 Å². The van der Waals surface area contributed by atoms with E-state index in [2.05, 4.69) is 25.2 Å². The Kier molecular flexibility index (Phi) is 5.26. The highest BCUT2D eigenvalue weighted by atomic mass is 16.5. The molecule has 1 aliphatic heterocycles. The molecule has 0 saturated heterocycles. The molecule has 3 atom stereocenters. The molecule has 112 valence electrons. The predicted molar refractivity (Wildman–Crippen MR) is 79.3 cm³/mol. The normalized spacial score (nSPS) is 20.7. The SMILES string of the molecule is CCOc1ccc2c(c1)C(NC(C)C(C)CO)CCO2. The van der Waals surface area contributed by atoms with Gasteiger partial charge < -0.3 is 19.9 Å². The molecule has 2 N–H and O–H groups in total. The summed E-state index contributed by atoms with van der Waals surface area (Å²) in [5.74, 6) is 2.05. The molecular formula is C16H25NO3. The molecule has 4 heteroatoms. The van der Waals surface area contributed by atoms with Crippen molar-refractivity contribution in [3.63, 3.8) is 0 Å². The lowest BCUT2D eigenvalue weighted by Crippen LogP contribution is -2.38. The molecule has 0 radical (unpaired) electrons. The van der Waals surface area contributed by atoms with Crippen LogP contribution in [0.5, 0.6) is 11.5 Å². The van der Waals surface area contributed by atoms with E-state index < -0.39 is 0 Å². The largest absolute Gasteiger partial charge is 0.494 e. The molecule has 3 unspecified atom stereocenters. The molecule has 2 rings (SSSR count). The first-order valence-corrected chi connectivity index (χ1v) is 7.42. The smallest absolute Gasteiger partial charge is 0.124 e. The lowest BCUT2D eigenvalue weighted by Gasteiger charge is -2.31. The van der Waals surface area contributed by atoms with Gasteiger partial charge in [0.25, 0.3) is 0 Å². The van der Waals surface area contributed by atoms with Gasteiger partial charge in [-0.25, -0.2) is 0 Å². The number of benzene rings is 1. The van der Waals surface area contributed by atoms with E-state index in [0.717, 1.165) is 30.1 Å². The second kappa shape index (κ2) is 6.95. The number of ether oxygens (including phenoxy) is 2. The van der Waals surface area contributed by atoms with Crippen LogP contribution in [0.3, 0.4) is 0 Å². The summed E-state index contributed by atoms with van der Waals surface area (Å²) in [4.78, 5) is 0. The lowest BCUT2D eigenvalue weighted by molar-refractivity contribution is 0.186. The molecular weight excluding hydrogens is 254 g/mol. The van der Waals surface area contributed by atoms with Crippen molar-refractivity contribution < 1.29 is 14.6 Å². The number of nitrogens with one attached hydrogen (secondary N) is 1. The Morgan fingerprint density at radius 3 is 2.95 bits per heavy atom. The van der Waals surface area contributed by atoms with Crippen LogP contribution in [0, 0.1) is 5.92 Å². The quantitative estimate of drug-likeness (QED) is 0.840. The van der Waals surface area contributed by atoms with Gasteiger partial charge in [-0.3, -0.25) is 0 Å². The third-order valence-corrected chi connectivity index (χ3v) is 3.94.